The minimum atomic E-state index is -0.568. The number of carbonyl (C=O) groups is 2. The van der Waals surface area contributed by atoms with Crippen molar-refractivity contribution < 1.29 is 19.4 Å². The number of fused-ring (bicyclic) bond motifs is 3. The second-order valence-electron chi connectivity index (χ2n) is 10.1. The number of esters is 1. The van der Waals surface area contributed by atoms with E-state index in [0.717, 1.165) is 31.3 Å². The maximum Gasteiger partial charge on any atom is 0.331 e. The van der Waals surface area contributed by atoms with Gasteiger partial charge in [-0.05, 0) is 69.4 Å². The van der Waals surface area contributed by atoms with Crippen LogP contribution in [0, 0.1) is 22.7 Å². The molecule has 0 aromatic rings. The molecule has 1 N–H and O–H groups in total. The van der Waals surface area contributed by atoms with Gasteiger partial charge in [0, 0.05) is 23.3 Å². The molecule has 0 saturated heterocycles. The van der Waals surface area contributed by atoms with Crippen molar-refractivity contribution in [2.75, 3.05) is 0 Å². The van der Waals surface area contributed by atoms with Gasteiger partial charge in [-0.15, -0.1) is 0 Å². The van der Waals surface area contributed by atoms with E-state index in [1.54, 1.807) is 6.92 Å². The molecule has 3 aliphatic carbocycles. The quantitative estimate of drug-likeness (QED) is 0.685. The van der Waals surface area contributed by atoms with Gasteiger partial charge in [-0.1, -0.05) is 31.6 Å². The van der Waals surface area contributed by atoms with Crippen LogP contribution in [0.15, 0.2) is 34.9 Å². The Kier molecular flexibility index (Phi) is 4.32. The number of hydrogen-bond acceptors (Lipinski definition) is 4. The molecule has 0 aromatic carbocycles. The van der Waals surface area contributed by atoms with Gasteiger partial charge < -0.3 is 9.84 Å². The zero-order valence-corrected chi connectivity index (χ0v) is 17.7. The van der Waals surface area contributed by atoms with Crippen molar-refractivity contribution in [3.8, 4) is 0 Å². The number of cyclic esters (lactones) is 1. The van der Waals surface area contributed by atoms with Gasteiger partial charge in [-0.2, -0.15) is 0 Å². The van der Waals surface area contributed by atoms with E-state index in [4.69, 9.17) is 4.74 Å². The Morgan fingerprint density at radius 3 is 2.57 bits per heavy atom. The average Bonchev–Trinajstić information content (AvgIpc) is 2.73. The molecule has 1 heterocycles. The molecule has 0 radical (unpaired) electrons. The van der Waals surface area contributed by atoms with Crippen LogP contribution < -0.4 is 0 Å². The number of ketones is 1. The van der Waals surface area contributed by atoms with Crippen molar-refractivity contribution in [3.63, 3.8) is 0 Å². The molecule has 0 bridgehead atoms. The fourth-order valence-electron chi connectivity index (χ4n) is 6.71. The molecule has 4 heteroatoms. The summed E-state index contributed by atoms with van der Waals surface area (Å²) in [7, 11) is 0. The third kappa shape index (κ3) is 2.53. The number of Topliss-reactive ketones (excluding diaryl/α,β-unsaturated/α-hetero) is 1. The van der Waals surface area contributed by atoms with Gasteiger partial charge in [-0.25, -0.2) is 4.79 Å². The first-order valence-corrected chi connectivity index (χ1v) is 10.5. The smallest absolute Gasteiger partial charge is 0.331 e. The van der Waals surface area contributed by atoms with E-state index in [2.05, 4.69) is 19.9 Å². The lowest BCUT2D eigenvalue weighted by molar-refractivity contribution is -0.153. The third-order valence-electron chi connectivity index (χ3n) is 8.54. The fraction of sp³-hybridized carbons (Fsp3) is 0.667. The van der Waals surface area contributed by atoms with Crippen molar-refractivity contribution in [3.05, 3.63) is 34.9 Å². The fourth-order valence-corrected chi connectivity index (χ4v) is 6.71. The minimum absolute atomic E-state index is 0.0831. The molecule has 1 saturated carbocycles. The first-order chi connectivity index (χ1) is 13.0. The first-order valence-electron chi connectivity index (χ1n) is 10.5. The van der Waals surface area contributed by atoms with E-state index in [-0.39, 0.29) is 34.4 Å². The second-order valence-corrected chi connectivity index (χ2v) is 10.1. The highest BCUT2D eigenvalue weighted by Gasteiger charge is 2.63. The standard InChI is InChI=1S/C24H32O4/c1-14(25)19-13-20(26)24(5)18-8-7-17-15(6-9-21(27)28-22(17,2)3)12-16(18)10-11-23(19,24)4/h6,9,12,17,19-20,26H,7-8,10-11,13H2,1-5H3/t17-,19-,20-,23-,24-/m1/s1. The number of ether oxygens (including phenoxy) is 1. The van der Waals surface area contributed by atoms with Crippen LogP contribution in [0.2, 0.25) is 0 Å². The number of allylic oxidation sites excluding steroid dienone is 3. The number of aliphatic hydroxyl groups excluding tert-OH is 1. The summed E-state index contributed by atoms with van der Waals surface area (Å²) in [6.45, 7) is 10.0. The predicted molar refractivity (Wildman–Crippen MR) is 107 cm³/mol. The Balaban J connectivity index is 1.82. The molecule has 0 unspecified atom stereocenters. The van der Waals surface area contributed by atoms with Crippen LogP contribution in [0.25, 0.3) is 0 Å². The molecule has 4 aliphatic rings. The molecule has 152 valence electrons. The number of rotatable bonds is 1. The molecular weight excluding hydrogens is 352 g/mol. The molecule has 0 aromatic heterocycles. The van der Waals surface area contributed by atoms with E-state index in [9.17, 15) is 14.7 Å². The van der Waals surface area contributed by atoms with Gasteiger partial charge in [0.1, 0.15) is 11.4 Å². The van der Waals surface area contributed by atoms with E-state index >= 15 is 0 Å². The summed E-state index contributed by atoms with van der Waals surface area (Å²) >= 11 is 0. The van der Waals surface area contributed by atoms with Crippen molar-refractivity contribution in [1.82, 2.24) is 0 Å². The Hall–Kier alpha value is -1.68. The number of carbonyl (C=O) groups excluding carboxylic acids is 2. The van der Waals surface area contributed by atoms with Gasteiger partial charge in [0.25, 0.3) is 0 Å². The second kappa shape index (κ2) is 6.16. The molecule has 1 aliphatic heterocycles. The summed E-state index contributed by atoms with van der Waals surface area (Å²) < 4.78 is 5.70. The van der Waals surface area contributed by atoms with Crippen molar-refractivity contribution in [2.24, 2.45) is 22.7 Å². The summed E-state index contributed by atoms with van der Waals surface area (Å²) in [6, 6.07) is 0. The SMILES string of the molecule is CC(=O)[C@H]1C[C@@H](O)[C@@]2(C)C3=C(C=C4C=CC(=O)OC(C)(C)[C@@H]4CC3)CC[C@]12C. The zero-order valence-electron chi connectivity index (χ0n) is 17.7. The Labute approximate surface area is 167 Å². The van der Waals surface area contributed by atoms with Crippen LogP contribution in [0.5, 0.6) is 0 Å². The summed E-state index contributed by atoms with van der Waals surface area (Å²) in [4.78, 5) is 24.4. The highest BCUT2D eigenvalue weighted by Crippen LogP contribution is 2.66. The van der Waals surface area contributed by atoms with Crippen molar-refractivity contribution >= 4 is 11.8 Å². The van der Waals surface area contributed by atoms with Crippen LogP contribution >= 0.6 is 0 Å². The molecule has 0 amide bonds. The number of hydrogen-bond donors (Lipinski definition) is 1. The Morgan fingerprint density at radius 1 is 1.18 bits per heavy atom. The van der Waals surface area contributed by atoms with Crippen LogP contribution in [-0.2, 0) is 14.3 Å². The highest BCUT2D eigenvalue weighted by molar-refractivity contribution is 5.83. The van der Waals surface area contributed by atoms with E-state index in [1.165, 1.54) is 17.2 Å². The minimum Gasteiger partial charge on any atom is -0.456 e. The normalized spacial score (nSPS) is 41.9. The van der Waals surface area contributed by atoms with Crippen molar-refractivity contribution in [2.45, 2.75) is 78.4 Å². The van der Waals surface area contributed by atoms with Crippen LogP contribution in [0.3, 0.4) is 0 Å². The molecule has 4 nitrogen and oxygen atoms in total. The van der Waals surface area contributed by atoms with Gasteiger partial charge >= 0.3 is 5.97 Å². The lowest BCUT2D eigenvalue weighted by Crippen LogP contribution is -2.47. The largest absolute Gasteiger partial charge is 0.456 e. The topological polar surface area (TPSA) is 63.6 Å². The first kappa shape index (κ1) is 19.6. The van der Waals surface area contributed by atoms with Gasteiger partial charge in [-0.3, -0.25) is 4.79 Å². The molecule has 1 fully saturated rings. The van der Waals surface area contributed by atoms with Crippen LogP contribution in [-0.4, -0.2) is 28.6 Å². The van der Waals surface area contributed by atoms with Crippen molar-refractivity contribution in [1.29, 1.82) is 0 Å². The zero-order chi connectivity index (χ0) is 20.5. The molecule has 0 spiro atoms. The molecular formula is C24H32O4. The van der Waals surface area contributed by atoms with Crippen LogP contribution in [0.1, 0.15) is 66.7 Å². The maximum absolute atomic E-state index is 12.4. The van der Waals surface area contributed by atoms with Gasteiger partial charge in [0.2, 0.25) is 0 Å². The molecule has 4 rings (SSSR count). The lowest BCUT2D eigenvalue weighted by atomic mass is 9.53. The number of aliphatic hydroxyl groups is 1. The molecule has 28 heavy (non-hydrogen) atoms. The van der Waals surface area contributed by atoms with E-state index in [1.807, 2.05) is 19.9 Å². The summed E-state index contributed by atoms with van der Waals surface area (Å²) in [6.07, 6.45) is 9.30. The van der Waals surface area contributed by atoms with E-state index in [0.29, 0.717) is 6.42 Å². The Morgan fingerprint density at radius 2 is 1.89 bits per heavy atom. The van der Waals surface area contributed by atoms with Gasteiger partial charge in [0.15, 0.2) is 0 Å². The Bertz CT molecular complexity index is 830. The lowest BCUT2D eigenvalue weighted by Gasteiger charge is -2.51. The third-order valence-corrected chi connectivity index (χ3v) is 8.54. The average molecular weight is 385 g/mol. The monoisotopic (exact) mass is 384 g/mol. The predicted octanol–water partition coefficient (Wildman–Crippen LogP) is 4.29. The summed E-state index contributed by atoms with van der Waals surface area (Å²) in [5, 5.41) is 11.1. The molecule has 5 atom stereocenters. The summed E-state index contributed by atoms with van der Waals surface area (Å²) in [5.41, 5.74) is 2.58. The summed E-state index contributed by atoms with van der Waals surface area (Å²) in [5.74, 6) is -0.0488. The van der Waals surface area contributed by atoms with Gasteiger partial charge in [0.05, 0.1) is 6.10 Å². The van der Waals surface area contributed by atoms with E-state index < -0.39 is 11.7 Å². The highest BCUT2D eigenvalue weighted by atomic mass is 16.6. The van der Waals surface area contributed by atoms with Crippen LogP contribution in [0.4, 0.5) is 0 Å². The maximum atomic E-state index is 12.4.